The Kier molecular flexibility index (Phi) is 8.13. The van der Waals surface area contributed by atoms with E-state index >= 15 is 0 Å². The Bertz CT molecular complexity index is 857. The summed E-state index contributed by atoms with van der Waals surface area (Å²) in [5, 5.41) is 1.07. The fourth-order valence-electron chi connectivity index (χ4n) is 3.56. The van der Waals surface area contributed by atoms with Gasteiger partial charge in [-0.2, -0.15) is 0 Å². The molecule has 0 radical (unpaired) electrons. The zero-order valence-electron chi connectivity index (χ0n) is 17.1. The predicted octanol–water partition coefficient (Wildman–Crippen LogP) is 5.30. The first-order chi connectivity index (χ1) is 14.9. The Hall–Kier alpha value is -1.94. The summed E-state index contributed by atoms with van der Waals surface area (Å²) in [5.74, 6) is 0. The third-order valence-corrected chi connectivity index (χ3v) is 8.03. The van der Waals surface area contributed by atoms with Crippen LogP contribution in [0.4, 0.5) is 0 Å². The van der Waals surface area contributed by atoms with E-state index in [1.165, 1.54) is 16.7 Å². The molecule has 1 heterocycles. The molecule has 0 saturated carbocycles. The fraction of sp³-hybridized carbons (Fsp3) is 0.308. The van der Waals surface area contributed by atoms with Gasteiger partial charge >= 0.3 is 186 Å². The van der Waals surface area contributed by atoms with Crippen molar-refractivity contribution in [3.05, 3.63) is 108 Å². The summed E-state index contributed by atoms with van der Waals surface area (Å²) in [6.07, 6.45) is 0.198. The van der Waals surface area contributed by atoms with Crippen molar-refractivity contribution in [3.8, 4) is 0 Å². The van der Waals surface area contributed by atoms with Gasteiger partial charge in [0.25, 0.3) is 0 Å². The third kappa shape index (κ3) is 6.28. The second-order valence-corrected chi connectivity index (χ2v) is 10.1. The van der Waals surface area contributed by atoms with Crippen LogP contribution in [0.3, 0.4) is 0 Å². The predicted molar refractivity (Wildman–Crippen MR) is 120 cm³/mol. The van der Waals surface area contributed by atoms with Crippen molar-refractivity contribution in [2.24, 2.45) is 0 Å². The second kappa shape index (κ2) is 11.5. The monoisotopic (exact) mass is 468 g/mol. The van der Waals surface area contributed by atoms with Gasteiger partial charge in [-0.25, -0.2) is 0 Å². The third-order valence-electron chi connectivity index (χ3n) is 5.19. The van der Waals surface area contributed by atoms with Gasteiger partial charge in [-0.15, -0.1) is 0 Å². The Balaban J connectivity index is 1.35. The topological polar surface area (TPSA) is 27.7 Å². The van der Waals surface area contributed by atoms with Gasteiger partial charge in [0, 0.05) is 0 Å². The Morgan fingerprint density at radius 1 is 0.633 bits per heavy atom. The number of benzene rings is 3. The molecule has 0 bridgehead atoms. The van der Waals surface area contributed by atoms with E-state index in [4.69, 9.17) is 14.2 Å². The van der Waals surface area contributed by atoms with Gasteiger partial charge in [0.1, 0.15) is 0 Å². The molecule has 3 nitrogen and oxygen atoms in total. The maximum absolute atomic E-state index is 6.42. The summed E-state index contributed by atoms with van der Waals surface area (Å²) in [7, 11) is 0. The van der Waals surface area contributed by atoms with E-state index in [-0.39, 0.29) is 12.2 Å². The van der Waals surface area contributed by atoms with Crippen molar-refractivity contribution in [1.82, 2.24) is 0 Å². The SMILES string of the molecule is c1ccc(COC[C@H]2[Se]CC(OCc3ccccc3)[C@H]2OCc2ccccc2)cc1. The zero-order valence-corrected chi connectivity index (χ0v) is 18.8. The summed E-state index contributed by atoms with van der Waals surface area (Å²) < 4.78 is 18.8. The summed E-state index contributed by atoms with van der Waals surface area (Å²) >= 11 is 0.444. The minimum absolute atomic E-state index is 0.0738. The molecule has 1 aliphatic rings. The average molecular weight is 467 g/mol. The Morgan fingerprint density at radius 3 is 1.70 bits per heavy atom. The van der Waals surface area contributed by atoms with Crippen molar-refractivity contribution in [2.45, 2.75) is 42.2 Å². The molecule has 3 atom stereocenters. The molecule has 0 spiro atoms. The van der Waals surface area contributed by atoms with Crippen LogP contribution in [0.2, 0.25) is 10.1 Å². The summed E-state index contributed by atoms with van der Waals surface area (Å²) in [4.78, 5) is 0.408. The molecule has 1 unspecified atom stereocenters. The average Bonchev–Trinajstić information content (AvgIpc) is 3.20. The van der Waals surface area contributed by atoms with Crippen LogP contribution in [-0.4, -0.2) is 33.8 Å². The van der Waals surface area contributed by atoms with E-state index in [1.54, 1.807) is 0 Å². The molecule has 0 aliphatic carbocycles. The standard InChI is InChI=1S/C26H28O3Se/c1-4-10-21(11-5-1)16-27-19-25-26(29-18-23-14-8-3-9-15-23)24(20-30-25)28-17-22-12-6-2-7-13-22/h1-15,24-26H,16-20H2/t24?,25-,26-/m1/s1. The van der Waals surface area contributed by atoms with Crippen LogP contribution in [0, 0.1) is 0 Å². The Morgan fingerprint density at radius 2 is 1.13 bits per heavy atom. The van der Waals surface area contributed by atoms with E-state index < -0.39 is 0 Å². The summed E-state index contributed by atoms with van der Waals surface area (Å²) in [6.45, 7) is 2.61. The van der Waals surface area contributed by atoms with Crippen LogP contribution < -0.4 is 0 Å². The van der Waals surface area contributed by atoms with Gasteiger partial charge in [0.15, 0.2) is 0 Å². The van der Waals surface area contributed by atoms with Crippen LogP contribution in [0.5, 0.6) is 0 Å². The zero-order chi connectivity index (χ0) is 20.4. The van der Waals surface area contributed by atoms with Crippen molar-refractivity contribution in [1.29, 1.82) is 0 Å². The summed E-state index contributed by atoms with van der Waals surface area (Å²) in [5.41, 5.74) is 3.61. The normalized spacial score (nSPS) is 21.0. The molecule has 0 aromatic heterocycles. The maximum atomic E-state index is 6.42. The molecule has 156 valence electrons. The van der Waals surface area contributed by atoms with Crippen molar-refractivity contribution in [2.75, 3.05) is 6.61 Å². The van der Waals surface area contributed by atoms with E-state index in [9.17, 15) is 0 Å². The van der Waals surface area contributed by atoms with Crippen molar-refractivity contribution in [3.63, 3.8) is 0 Å². The van der Waals surface area contributed by atoms with Crippen molar-refractivity contribution < 1.29 is 14.2 Å². The van der Waals surface area contributed by atoms with Crippen LogP contribution in [0.1, 0.15) is 16.7 Å². The first-order valence-electron chi connectivity index (χ1n) is 10.4. The van der Waals surface area contributed by atoms with E-state index in [0.717, 1.165) is 11.9 Å². The number of hydrogen-bond donors (Lipinski definition) is 0. The first-order valence-corrected chi connectivity index (χ1v) is 12.6. The van der Waals surface area contributed by atoms with Gasteiger partial charge in [-0.05, 0) is 0 Å². The first kappa shape index (κ1) is 21.3. The molecule has 4 rings (SSSR count). The molecule has 30 heavy (non-hydrogen) atoms. The molecule has 1 aliphatic heterocycles. The molecule has 3 aromatic rings. The van der Waals surface area contributed by atoms with E-state index in [1.807, 2.05) is 18.2 Å². The molecule has 0 amide bonds. The van der Waals surface area contributed by atoms with Gasteiger partial charge in [0.2, 0.25) is 0 Å². The molecule has 3 aromatic carbocycles. The van der Waals surface area contributed by atoms with Gasteiger partial charge < -0.3 is 0 Å². The molecule has 0 N–H and O–H groups in total. The fourth-order valence-corrected chi connectivity index (χ4v) is 6.41. The minimum atomic E-state index is 0.0738. The quantitative estimate of drug-likeness (QED) is 0.379. The van der Waals surface area contributed by atoms with E-state index in [2.05, 4.69) is 72.8 Å². The van der Waals surface area contributed by atoms with Gasteiger partial charge in [0.05, 0.1) is 0 Å². The molecule has 4 heteroatoms. The number of ether oxygens (including phenoxy) is 3. The van der Waals surface area contributed by atoms with Crippen LogP contribution in [-0.2, 0) is 34.0 Å². The molecular formula is C26H28O3Se. The molecule has 1 saturated heterocycles. The Labute approximate surface area is 185 Å². The summed E-state index contributed by atoms with van der Waals surface area (Å²) in [6, 6.07) is 31.1. The molecular weight excluding hydrogens is 439 g/mol. The number of rotatable bonds is 10. The van der Waals surface area contributed by atoms with E-state index in [0.29, 0.717) is 39.6 Å². The van der Waals surface area contributed by atoms with Crippen molar-refractivity contribution >= 4 is 15.0 Å². The van der Waals surface area contributed by atoms with Crippen LogP contribution in [0.15, 0.2) is 91.0 Å². The van der Waals surface area contributed by atoms with Gasteiger partial charge in [-0.3, -0.25) is 0 Å². The number of hydrogen-bond acceptors (Lipinski definition) is 3. The van der Waals surface area contributed by atoms with Crippen LogP contribution >= 0.6 is 0 Å². The van der Waals surface area contributed by atoms with Crippen LogP contribution in [0.25, 0.3) is 0 Å². The second-order valence-electron chi connectivity index (χ2n) is 7.47. The van der Waals surface area contributed by atoms with Gasteiger partial charge in [-0.1, -0.05) is 0 Å². The molecule has 1 fully saturated rings.